The molecule has 3 N–H and O–H groups in total. The van der Waals surface area contributed by atoms with Crippen LogP contribution in [0.3, 0.4) is 0 Å². The molecular formula is C14H16FN3. The molecule has 0 amide bonds. The molecule has 1 aromatic heterocycles. The quantitative estimate of drug-likeness (QED) is 0.870. The number of hydrogen-bond donors (Lipinski definition) is 2. The molecule has 0 unspecified atom stereocenters. The molecule has 0 fully saturated rings. The van der Waals surface area contributed by atoms with Crippen molar-refractivity contribution in [3.63, 3.8) is 0 Å². The van der Waals surface area contributed by atoms with Gasteiger partial charge in [0.05, 0.1) is 11.9 Å². The highest BCUT2D eigenvalue weighted by atomic mass is 19.1. The van der Waals surface area contributed by atoms with Crippen LogP contribution in [-0.2, 0) is 6.42 Å². The Morgan fingerprint density at radius 3 is 2.89 bits per heavy atom. The number of aromatic nitrogens is 1. The van der Waals surface area contributed by atoms with Crippen LogP contribution in [0.15, 0.2) is 36.5 Å². The van der Waals surface area contributed by atoms with E-state index >= 15 is 0 Å². The molecule has 0 bridgehead atoms. The molecule has 0 spiro atoms. The molecule has 0 radical (unpaired) electrons. The fraction of sp³-hybridized carbons (Fsp3) is 0.214. The first-order valence-corrected chi connectivity index (χ1v) is 5.85. The van der Waals surface area contributed by atoms with Crippen molar-refractivity contribution in [1.29, 1.82) is 0 Å². The number of anilines is 2. The maximum atomic E-state index is 13.0. The molecule has 0 saturated heterocycles. The van der Waals surface area contributed by atoms with Gasteiger partial charge in [-0.05, 0) is 42.7 Å². The average molecular weight is 245 g/mol. The summed E-state index contributed by atoms with van der Waals surface area (Å²) in [7, 11) is 0. The third-order valence-corrected chi connectivity index (χ3v) is 2.76. The molecule has 3 nitrogen and oxygen atoms in total. The SMILES string of the molecule is Cc1cc(NCCc2cccc(F)c2)ncc1N. The molecule has 0 aliphatic carbocycles. The van der Waals surface area contributed by atoms with Crippen molar-refractivity contribution in [2.75, 3.05) is 17.6 Å². The first-order valence-electron chi connectivity index (χ1n) is 5.85. The molecule has 0 saturated carbocycles. The van der Waals surface area contributed by atoms with E-state index in [9.17, 15) is 4.39 Å². The van der Waals surface area contributed by atoms with Crippen LogP contribution in [0.2, 0.25) is 0 Å². The van der Waals surface area contributed by atoms with Crippen molar-refractivity contribution in [2.24, 2.45) is 0 Å². The third kappa shape index (κ3) is 3.20. The number of nitrogens with zero attached hydrogens (tertiary/aromatic N) is 1. The van der Waals surface area contributed by atoms with E-state index in [1.54, 1.807) is 18.3 Å². The Labute approximate surface area is 106 Å². The van der Waals surface area contributed by atoms with Gasteiger partial charge in [0.2, 0.25) is 0 Å². The highest BCUT2D eigenvalue weighted by Gasteiger charge is 1.99. The summed E-state index contributed by atoms with van der Waals surface area (Å²) < 4.78 is 13.0. The van der Waals surface area contributed by atoms with E-state index in [1.165, 1.54) is 6.07 Å². The van der Waals surface area contributed by atoms with Crippen LogP contribution in [0.4, 0.5) is 15.9 Å². The Morgan fingerprint density at radius 2 is 2.17 bits per heavy atom. The minimum absolute atomic E-state index is 0.200. The summed E-state index contributed by atoms with van der Waals surface area (Å²) in [6, 6.07) is 8.52. The third-order valence-electron chi connectivity index (χ3n) is 2.76. The smallest absolute Gasteiger partial charge is 0.126 e. The second kappa shape index (κ2) is 5.49. The van der Waals surface area contributed by atoms with Gasteiger partial charge in [0.1, 0.15) is 11.6 Å². The Balaban J connectivity index is 1.90. The van der Waals surface area contributed by atoms with E-state index < -0.39 is 0 Å². The molecule has 1 heterocycles. The van der Waals surface area contributed by atoms with E-state index in [1.807, 2.05) is 19.1 Å². The summed E-state index contributed by atoms with van der Waals surface area (Å²) in [6.07, 6.45) is 2.39. The van der Waals surface area contributed by atoms with Crippen molar-refractivity contribution < 1.29 is 4.39 Å². The summed E-state index contributed by atoms with van der Waals surface area (Å²) in [5, 5.41) is 3.19. The zero-order valence-electron chi connectivity index (χ0n) is 10.3. The number of benzene rings is 1. The maximum absolute atomic E-state index is 13.0. The molecule has 94 valence electrons. The minimum Gasteiger partial charge on any atom is -0.397 e. The Bertz CT molecular complexity index is 540. The monoisotopic (exact) mass is 245 g/mol. The highest BCUT2D eigenvalue weighted by molar-refractivity contribution is 5.50. The van der Waals surface area contributed by atoms with Gasteiger partial charge < -0.3 is 11.1 Å². The Kier molecular flexibility index (Phi) is 3.77. The van der Waals surface area contributed by atoms with Gasteiger partial charge in [0, 0.05) is 6.54 Å². The van der Waals surface area contributed by atoms with Crippen LogP contribution in [0.1, 0.15) is 11.1 Å². The zero-order chi connectivity index (χ0) is 13.0. The Morgan fingerprint density at radius 1 is 1.33 bits per heavy atom. The predicted octanol–water partition coefficient (Wildman–Crippen LogP) is 2.77. The highest BCUT2D eigenvalue weighted by Crippen LogP contribution is 2.13. The van der Waals surface area contributed by atoms with Gasteiger partial charge >= 0.3 is 0 Å². The number of nitrogen functional groups attached to an aromatic ring is 1. The number of nitrogens with two attached hydrogens (primary N) is 1. The van der Waals surface area contributed by atoms with Crippen LogP contribution < -0.4 is 11.1 Å². The minimum atomic E-state index is -0.200. The number of hydrogen-bond acceptors (Lipinski definition) is 3. The van der Waals surface area contributed by atoms with Gasteiger partial charge in [-0.3, -0.25) is 0 Å². The molecule has 2 rings (SSSR count). The van der Waals surface area contributed by atoms with Crippen molar-refractivity contribution in [3.8, 4) is 0 Å². The first-order chi connectivity index (χ1) is 8.65. The summed E-state index contributed by atoms with van der Waals surface area (Å²) in [4.78, 5) is 4.18. The summed E-state index contributed by atoms with van der Waals surface area (Å²) in [5.74, 6) is 0.590. The molecule has 2 aromatic rings. The predicted molar refractivity (Wildman–Crippen MR) is 72.0 cm³/mol. The van der Waals surface area contributed by atoms with Crippen LogP contribution >= 0.6 is 0 Å². The van der Waals surface area contributed by atoms with Crippen molar-refractivity contribution in [1.82, 2.24) is 4.98 Å². The molecular weight excluding hydrogens is 229 g/mol. The second-order valence-electron chi connectivity index (χ2n) is 4.23. The van der Waals surface area contributed by atoms with Gasteiger partial charge in [-0.25, -0.2) is 9.37 Å². The fourth-order valence-electron chi connectivity index (χ4n) is 1.69. The molecule has 0 aliphatic heterocycles. The molecule has 4 heteroatoms. The Hall–Kier alpha value is -2.10. The molecule has 1 aromatic carbocycles. The lowest BCUT2D eigenvalue weighted by Gasteiger charge is -2.07. The van der Waals surface area contributed by atoms with Crippen molar-refractivity contribution in [3.05, 3.63) is 53.5 Å². The van der Waals surface area contributed by atoms with Crippen LogP contribution in [0.25, 0.3) is 0 Å². The van der Waals surface area contributed by atoms with Crippen LogP contribution in [-0.4, -0.2) is 11.5 Å². The van der Waals surface area contributed by atoms with Crippen molar-refractivity contribution >= 4 is 11.5 Å². The van der Waals surface area contributed by atoms with E-state index in [-0.39, 0.29) is 5.82 Å². The lowest BCUT2D eigenvalue weighted by atomic mass is 10.1. The molecule has 18 heavy (non-hydrogen) atoms. The normalized spacial score (nSPS) is 10.3. The standard InChI is InChI=1S/C14H16FN3/c1-10-7-14(18-9-13(10)16)17-6-5-11-3-2-4-12(15)8-11/h2-4,7-9H,5-6,16H2,1H3,(H,17,18). The summed E-state index contributed by atoms with van der Waals surface area (Å²) >= 11 is 0. The van der Waals surface area contributed by atoms with E-state index in [0.29, 0.717) is 12.2 Å². The molecule has 0 aliphatic rings. The average Bonchev–Trinajstić information content (AvgIpc) is 2.34. The van der Waals surface area contributed by atoms with E-state index in [0.717, 1.165) is 23.4 Å². The lowest BCUT2D eigenvalue weighted by molar-refractivity contribution is 0.625. The summed E-state index contributed by atoms with van der Waals surface area (Å²) in [6.45, 7) is 2.65. The van der Waals surface area contributed by atoms with E-state index in [4.69, 9.17) is 5.73 Å². The van der Waals surface area contributed by atoms with Gasteiger partial charge in [-0.1, -0.05) is 12.1 Å². The molecule has 0 atom stereocenters. The van der Waals surface area contributed by atoms with Crippen molar-refractivity contribution in [2.45, 2.75) is 13.3 Å². The lowest BCUT2D eigenvalue weighted by Crippen LogP contribution is -2.07. The number of pyridine rings is 1. The number of halogens is 1. The van der Waals surface area contributed by atoms with Crippen LogP contribution in [0.5, 0.6) is 0 Å². The van der Waals surface area contributed by atoms with Gasteiger partial charge in [-0.2, -0.15) is 0 Å². The fourth-order valence-corrected chi connectivity index (χ4v) is 1.69. The van der Waals surface area contributed by atoms with Gasteiger partial charge in [0.15, 0.2) is 0 Å². The largest absolute Gasteiger partial charge is 0.397 e. The zero-order valence-corrected chi connectivity index (χ0v) is 10.3. The first kappa shape index (κ1) is 12.4. The maximum Gasteiger partial charge on any atom is 0.126 e. The van der Waals surface area contributed by atoms with Crippen LogP contribution in [0, 0.1) is 12.7 Å². The second-order valence-corrected chi connectivity index (χ2v) is 4.23. The number of rotatable bonds is 4. The number of aryl methyl sites for hydroxylation is 1. The topological polar surface area (TPSA) is 50.9 Å². The van der Waals surface area contributed by atoms with Gasteiger partial charge in [-0.15, -0.1) is 0 Å². The van der Waals surface area contributed by atoms with E-state index in [2.05, 4.69) is 10.3 Å². The summed E-state index contributed by atoms with van der Waals surface area (Å²) in [5.41, 5.74) is 8.34. The van der Waals surface area contributed by atoms with Gasteiger partial charge in [0.25, 0.3) is 0 Å². The number of nitrogens with one attached hydrogen (secondary N) is 1.